The largest absolute Gasteiger partial charge is 0.393 e. The van der Waals surface area contributed by atoms with Gasteiger partial charge in [-0.2, -0.15) is 0 Å². The molecule has 118 valence electrons. The molecule has 2 amide bonds. The first kappa shape index (κ1) is 17.3. The molecule has 0 saturated carbocycles. The molecule has 0 unspecified atom stereocenters. The molecule has 4 nitrogen and oxygen atoms in total. The Kier molecular flexibility index (Phi) is 6.31. The van der Waals surface area contributed by atoms with Gasteiger partial charge in [0.1, 0.15) is 0 Å². The maximum atomic E-state index is 12.4. The third-order valence-electron chi connectivity index (χ3n) is 4.19. The molecule has 2 N–H and O–H groups in total. The van der Waals surface area contributed by atoms with Gasteiger partial charge in [-0.3, -0.25) is 0 Å². The second-order valence-corrected chi connectivity index (χ2v) is 7.41. The van der Waals surface area contributed by atoms with Gasteiger partial charge in [0.15, 0.2) is 0 Å². The highest BCUT2D eigenvalue weighted by atomic mass is 16.3. The maximum Gasteiger partial charge on any atom is 0.317 e. The van der Waals surface area contributed by atoms with Gasteiger partial charge >= 0.3 is 6.03 Å². The predicted molar refractivity (Wildman–Crippen MR) is 82.7 cm³/mol. The summed E-state index contributed by atoms with van der Waals surface area (Å²) in [5, 5.41) is 12.5. The summed E-state index contributed by atoms with van der Waals surface area (Å²) >= 11 is 0. The van der Waals surface area contributed by atoms with Crippen LogP contribution in [-0.2, 0) is 0 Å². The van der Waals surface area contributed by atoms with Gasteiger partial charge in [-0.1, -0.05) is 27.2 Å². The van der Waals surface area contributed by atoms with Crippen LogP contribution < -0.4 is 5.32 Å². The molecule has 1 heterocycles. The van der Waals surface area contributed by atoms with E-state index in [0.717, 1.165) is 13.0 Å². The van der Waals surface area contributed by atoms with Gasteiger partial charge in [0, 0.05) is 19.1 Å². The van der Waals surface area contributed by atoms with Gasteiger partial charge in [-0.05, 0) is 44.4 Å². The fourth-order valence-electron chi connectivity index (χ4n) is 3.10. The van der Waals surface area contributed by atoms with E-state index in [1.807, 2.05) is 4.90 Å². The Labute approximate surface area is 123 Å². The predicted octanol–water partition coefficient (Wildman–Crippen LogP) is 3.00. The van der Waals surface area contributed by atoms with Gasteiger partial charge in [0.2, 0.25) is 0 Å². The monoisotopic (exact) mass is 284 g/mol. The summed E-state index contributed by atoms with van der Waals surface area (Å²) in [4.78, 5) is 14.4. The molecule has 20 heavy (non-hydrogen) atoms. The van der Waals surface area contributed by atoms with Crippen molar-refractivity contribution in [2.24, 2.45) is 11.3 Å². The molecule has 0 aromatic carbocycles. The van der Waals surface area contributed by atoms with Crippen LogP contribution in [0, 0.1) is 11.3 Å². The van der Waals surface area contributed by atoms with Crippen molar-refractivity contribution in [1.82, 2.24) is 10.2 Å². The standard InChI is InChI=1S/C16H32N2O2/c1-12-7-6-8-13(2)18(10-12)15(20)17-11-16(4,5)9-14(3)19/h12-14,19H,6-11H2,1-5H3,(H,17,20)/t12-,13+,14-/m0/s1. The van der Waals surface area contributed by atoms with E-state index in [-0.39, 0.29) is 17.6 Å². The summed E-state index contributed by atoms with van der Waals surface area (Å²) in [5.74, 6) is 0.580. The number of nitrogens with zero attached hydrogens (tertiary/aromatic N) is 1. The molecule has 0 aliphatic carbocycles. The number of nitrogens with one attached hydrogen (secondary N) is 1. The van der Waals surface area contributed by atoms with E-state index >= 15 is 0 Å². The number of aliphatic hydroxyl groups is 1. The summed E-state index contributed by atoms with van der Waals surface area (Å²) < 4.78 is 0. The third kappa shape index (κ3) is 5.70. The zero-order chi connectivity index (χ0) is 15.3. The molecule has 1 fully saturated rings. The smallest absolute Gasteiger partial charge is 0.317 e. The Hall–Kier alpha value is -0.770. The summed E-state index contributed by atoms with van der Waals surface area (Å²) in [6, 6.07) is 0.366. The summed E-state index contributed by atoms with van der Waals surface area (Å²) in [6.07, 6.45) is 3.87. The molecule has 1 aliphatic rings. The normalized spacial score (nSPS) is 26.0. The van der Waals surface area contributed by atoms with Crippen LogP contribution >= 0.6 is 0 Å². The van der Waals surface area contributed by atoms with E-state index in [1.165, 1.54) is 12.8 Å². The number of hydrogen-bond acceptors (Lipinski definition) is 2. The van der Waals surface area contributed by atoms with Crippen LogP contribution in [0.5, 0.6) is 0 Å². The van der Waals surface area contributed by atoms with Gasteiger partial charge in [-0.25, -0.2) is 4.79 Å². The Morgan fingerprint density at radius 2 is 2.05 bits per heavy atom. The molecule has 0 spiro atoms. The summed E-state index contributed by atoms with van der Waals surface area (Å²) in [5.41, 5.74) is -0.0788. The average Bonchev–Trinajstić information content (AvgIpc) is 2.47. The SMILES string of the molecule is C[C@H]1CCC[C@@H](C)N(C(=O)NCC(C)(C)C[C@H](C)O)C1. The Bertz CT molecular complexity index is 316. The van der Waals surface area contributed by atoms with E-state index in [4.69, 9.17) is 0 Å². The topological polar surface area (TPSA) is 52.6 Å². The third-order valence-corrected chi connectivity index (χ3v) is 4.19. The highest BCUT2D eigenvalue weighted by Crippen LogP contribution is 2.23. The van der Waals surface area contributed by atoms with Gasteiger partial charge < -0.3 is 15.3 Å². The molecule has 3 atom stereocenters. The molecule has 1 rings (SSSR count). The number of amides is 2. The van der Waals surface area contributed by atoms with Gasteiger partial charge in [0.25, 0.3) is 0 Å². The highest BCUT2D eigenvalue weighted by Gasteiger charge is 2.27. The van der Waals surface area contributed by atoms with Crippen molar-refractivity contribution in [3.63, 3.8) is 0 Å². The van der Waals surface area contributed by atoms with Crippen LogP contribution in [0.25, 0.3) is 0 Å². The van der Waals surface area contributed by atoms with Crippen molar-refractivity contribution in [2.75, 3.05) is 13.1 Å². The second-order valence-electron chi connectivity index (χ2n) is 7.41. The lowest BCUT2D eigenvalue weighted by molar-refractivity contribution is 0.124. The minimum absolute atomic E-state index is 0.0462. The zero-order valence-electron chi connectivity index (χ0n) is 13.8. The van der Waals surface area contributed by atoms with Gasteiger partial charge in [-0.15, -0.1) is 0 Å². The molecule has 0 aromatic rings. The minimum Gasteiger partial charge on any atom is -0.393 e. The number of urea groups is 1. The van der Waals surface area contributed by atoms with E-state index in [9.17, 15) is 9.90 Å². The van der Waals surface area contributed by atoms with E-state index in [0.29, 0.717) is 24.9 Å². The van der Waals surface area contributed by atoms with E-state index in [1.54, 1.807) is 6.92 Å². The molecule has 0 radical (unpaired) electrons. The zero-order valence-corrected chi connectivity index (χ0v) is 13.8. The van der Waals surface area contributed by atoms with Crippen molar-refractivity contribution in [1.29, 1.82) is 0 Å². The lowest BCUT2D eigenvalue weighted by Gasteiger charge is -2.32. The van der Waals surface area contributed by atoms with Crippen LogP contribution in [0.15, 0.2) is 0 Å². The maximum absolute atomic E-state index is 12.4. The fraction of sp³-hybridized carbons (Fsp3) is 0.938. The number of hydrogen-bond donors (Lipinski definition) is 2. The molecular formula is C16H32N2O2. The van der Waals surface area contributed by atoms with Crippen molar-refractivity contribution < 1.29 is 9.90 Å². The number of rotatable bonds is 4. The molecule has 0 aromatic heterocycles. The van der Waals surface area contributed by atoms with Crippen LogP contribution in [0.2, 0.25) is 0 Å². The lowest BCUT2D eigenvalue weighted by atomic mass is 9.87. The second kappa shape index (κ2) is 7.30. The first-order valence-corrected chi connectivity index (χ1v) is 7.94. The van der Waals surface area contributed by atoms with Crippen LogP contribution in [0.4, 0.5) is 4.79 Å². The van der Waals surface area contributed by atoms with Crippen molar-refractivity contribution >= 4 is 6.03 Å². The van der Waals surface area contributed by atoms with Crippen LogP contribution in [0.3, 0.4) is 0 Å². The molecule has 0 bridgehead atoms. The van der Waals surface area contributed by atoms with E-state index in [2.05, 4.69) is 33.0 Å². The Morgan fingerprint density at radius 3 is 2.65 bits per heavy atom. The van der Waals surface area contributed by atoms with Crippen molar-refractivity contribution in [2.45, 2.75) is 72.4 Å². The number of likely N-dealkylation sites (tertiary alicyclic amines) is 1. The number of aliphatic hydroxyl groups excluding tert-OH is 1. The van der Waals surface area contributed by atoms with Crippen LogP contribution in [-0.4, -0.2) is 41.3 Å². The first-order chi connectivity index (χ1) is 9.21. The number of carbonyl (C=O) groups is 1. The van der Waals surface area contributed by atoms with Gasteiger partial charge in [0.05, 0.1) is 6.10 Å². The Balaban J connectivity index is 2.52. The summed E-state index contributed by atoms with van der Waals surface area (Å²) in [6.45, 7) is 11.8. The van der Waals surface area contributed by atoms with Crippen LogP contribution in [0.1, 0.15) is 60.3 Å². The average molecular weight is 284 g/mol. The minimum atomic E-state index is -0.334. The molecule has 1 aliphatic heterocycles. The first-order valence-electron chi connectivity index (χ1n) is 7.94. The van der Waals surface area contributed by atoms with Crippen molar-refractivity contribution in [3.8, 4) is 0 Å². The summed E-state index contributed by atoms with van der Waals surface area (Å²) in [7, 11) is 0. The van der Waals surface area contributed by atoms with Crippen molar-refractivity contribution in [3.05, 3.63) is 0 Å². The van der Waals surface area contributed by atoms with E-state index < -0.39 is 0 Å². The Morgan fingerprint density at radius 1 is 1.40 bits per heavy atom. The highest BCUT2D eigenvalue weighted by molar-refractivity contribution is 5.74. The fourth-order valence-corrected chi connectivity index (χ4v) is 3.10. The molecule has 1 saturated heterocycles. The lowest BCUT2D eigenvalue weighted by Crippen LogP contribution is -2.48. The quantitative estimate of drug-likeness (QED) is 0.834. The molecule has 4 heteroatoms. The molecular weight excluding hydrogens is 252 g/mol. The number of carbonyl (C=O) groups excluding carboxylic acids is 1.